The van der Waals surface area contributed by atoms with Crippen LogP contribution < -0.4 is 4.72 Å². The zero-order chi connectivity index (χ0) is 15.0. The van der Waals surface area contributed by atoms with E-state index >= 15 is 0 Å². The third-order valence-electron chi connectivity index (χ3n) is 3.02. The first-order chi connectivity index (χ1) is 9.47. The van der Waals surface area contributed by atoms with E-state index < -0.39 is 16.0 Å². The summed E-state index contributed by atoms with van der Waals surface area (Å²) in [6.07, 6.45) is 7.67. The van der Waals surface area contributed by atoms with Crippen molar-refractivity contribution in [1.29, 1.82) is 0 Å². The van der Waals surface area contributed by atoms with Crippen LogP contribution in [0.3, 0.4) is 0 Å². The summed E-state index contributed by atoms with van der Waals surface area (Å²) in [5, 5.41) is 8.73. The van der Waals surface area contributed by atoms with Crippen LogP contribution in [0.5, 0.6) is 0 Å². The third kappa shape index (κ3) is 5.34. The minimum atomic E-state index is -3.61. The molecule has 7 heteroatoms. The Kier molecular flexibility index (Phi) is 6.74. The molecule has 0 amide bonds. The van der Waals surface area contributed by atoms with Gasteiger partial charge in [0.25, 0.3) is 0 Å². The molecule has 1 rings (SSSR count). The molecule has 1 heterocycles. The molecule has 0 radical (unpaired) electrons. The molecule has 0 fully saturated rings. The van der Waals surface area contributed by atoms with E-state index in [1.54, 1.807) is 0 Å². The van der Waals surface area contributed by atoms with Gasteiger partial charge in [0.1, 0.15) is 10.6 Å². The molecule has 0 bridgehead atoms. The van der Waals surface area contributed by atoms with Gasteiger partial charge in [0, 0.05) is 12.7 Å². The van der Waals surface area contributed by atoms with Gasteiger partial charge in [0.05, 0.1) is 0 Å². The van der Waals surface area contributed by atoms with Gasteiger partial charge in [-0.2, -0.15) is 0 Å². The lowest BCUT2D eigenvalue weighted by atomic mass is 10.1. The molecule has 0 aromatic carbocycles. The lowest BCUT2D eigenvalue weighted by molar-refractivity contribution is 0.0691. The van der Waals surface area contributed by atoms with E-state index in [9.17, 15) is 13.2 Å². The molecular weight excluding hydrogens is 280 g/mol. The number of sulfonamides is 1. The summed E-state index contributed by atoms with van der Waals surface area (Å²) in [4.78, 5) is 13.1. The zero-order valence-corrected chi connectivity index (χ0v) is 12.5. The van der Waals surface area contributed by atoms with E-state index in [2.05, 4.69) is 16.6 Å². The molecule has 1 aromatic rings. The Hall–Kier alpha value is -1.34. The number of hydrogen-bond acceptors (Lipinski definition) is 3. The second kappa shape index (κ2) is 8.06. The van der Waals surface area contributed by atoms with Gasteiger partial charge in [0.2, 0.25) is 10.0 Å². The normalized spacial score (nSPS) is 11.7. The Labute approximate surface area is 119 Å². The van der Waals surface area contributed by atoms with Crippen molar-refractivity contribution in [3.63, 3.8) is 0 Å². The number of H-pyrrole nitrogens is 1. The van der Waals surface area contributed by atoms with Gasteiger partial charge in [-0.3, -0.25) is 0 Å². The Morgan fingerprint density at radius 3 is 2.50 bits per heavy atom. The van der Waals surface area contributed by atoms with Gasteiger partial charge in [-0.05, 0) is 12.5 Å². The molecule has 1 aromatic heterocycles. The van der Waals surface area contributed by atoms with Crippen LogP contribution >= 0.6 is 0 Å². The minimum absolute atomic E-state index is 0.0408. The molecule has 3 N–H and O–H groups in total. The van der Waals surface area contributed by atoms with Gasteiger partial charge in [-0.15, -0.1) is 0 Å². The SMILES string of the molecule is CCCCCCCCNS(=O)(=O)c1c[nH]c(C(=O)O)c1. The lowest BCUT2D eigenvalue weighted by Gasteiger charge is -2.04. The predicted octanol–water partition coefficient (Wildman–Crippen LogP) is 2.35. The lowest BCUT2D eigenvalue weighted by Crippen LogP contribution is -2.24. The van der Waals surface area contributed by atoms with Crippen molar-refractivity contribution in [2.45, 2.75) is 50.3 Å². The van der Waals surface area contributed by atoms with Crippen molar-refractivity contribution in [2.24, 2.45) is 0 Å². The molecule has 0 unspecified atom stereocenters. The largest absolute Gasteiger partial charge is 0.477 e. The highest BCUT2D eigenvalue weighted by atomic mass is 32.2. The summed E-state index contributed by atoms with van der Waals surface area (Å²) in [5.74, 6) is -1.18. The number of nitrogens with one attached hydrogen (secondary N) is 2. The second-order valence-electron chi connectivity index (χ2n) is 4.72. The molecule has 114 valence electrons. The zero-order valence-electron chi connectivity index (χ0n) is 11.7. The maximum atomic E-state index is 11.9. The number of carboxylic acid groups (broad SMARTS) is 1. The smallest absolute Gasteiger partial charge is 0.352 e. The van der Waals surface area contributed by atoms with Crippen molar-refractivity contribution in [2.75, 3.05) is 6.54 Å². The standard InChI is InChI=1S/C13H22N2O4S/c1-2-3-4-5-6-7-8-15-20(18,19)11-9-12(13(16)17)14-10-11/h9-10,14-15H,2-8H2,1H3,(H,16,17). The number of aromatic nitrogens is 1. The van der Waals surface area contributed by atoms with E-state index in [4.69, 9.17) is 5.11 Å². The Bertz CT molecular complexity index is 522. The monoisotopic (exact) mass is 302 g/mol. The molecule has 0 aliphatic heterocycles. The first kappa shape index (κ1) is 16.7. The van der Waals surface area contributed by atoms with Crippen LogP contribution in [0, 0.1) is 0 Å². The van der Waals surface area contributed by atoms with Crippen molar-refractivity contribution in [3.05, 3.63) is 18.0 Å². The Balaban J connectivity index is 2.36. The van der Waals surface area contributed by atoms with E-state index in [0.717, 1.165) is 25.3 Å². The summed E-state index contributed by atoms with van der Waals surface area (Å²) in [6, 6.07) is 1.12. The van der Waals surface area contributed by atoms with Crippen LogP contribution in [0.15, 0.2) is 17.2 Å². The van der Waals surface area contributed by atoms with E-state index in [1.165, 1.54) is 25.5 Å². The van der Waals surface area contributed by atoms with E-state index in [1.807, 2.05) is 0 Å². The number of unbranched alkanes of at least 4 members (excludes halogenated alkanes) is 5. The van der Waals surface area contributed by atoms with Crippen LogP contribution in [0.25, 0.3) is 0 Å². The number of aromatic amines is 1. The van der Waals surface area contributed by atoms with Crippen molar-refractivity contribution in [1.82, 2.24) is 9.71 Å². The molecule has 20 heavy (non-hydrogen) atoms. The fourth-order valence-corrected chi connectivity index (χ4v) is 2.92. The second-order valence-corrected chi connectivity index (χ2v) is 6.49. The minimum Gasteiger partial charge on any atom is -0.477 e. The third-order valence-corrected chi connectivity index (χ3v) is 4.46. The molecule has 0 aliphatic rings. The Morgan fingerprint density at radius 1 is 1.25 bits per heavy atom. The molecule has 0 atom stereocenters. The van der Waals surface area contributed by atoms with Crippen LogP contribution in [0.1, 0.15) is 55.9 Å². The van der Waals surface area contributed by atoms with Crippen LogP contribution in [-0.4, -0.2) is 31.0 Å². The van der Waals surface area contributed by atoms with Crippen molar-refractivity contribution >= 4 is 16.0 Å². The summed E-state index contributed by atoms with van der Waals surface area (Å²) in [6.45, 7) is 2.53. The Morgan fingerprint density at radius 2 is 1.90 bits per heavy atom. The van der Waals surface area contributed by atoms with Crippen molar-refractivity contribution in [3.8, 4) is 0 Å². The first-order valence-electron chi connectivity index (χ1n) is 6.88. The highest BCUT2D eigenvalue weighted by Gasteiger charge is 2.17. The molecular formula is C13H22N2O4S. The number of carbonyl (C=O) groups is 1. The molecule has 0 aliphatic carbocycles. The first-order valence-corrected chi connectivity index (χ1v) is 8.37. The van der Waals surface area contributed by atoms with Crippen LogP contribution in [0.4, 0.5) is 0 Å². The number of carboxylic acids is 1. The molecule has 0 spiro atoms. The topological polar surface area (TPSA) is 99.3 Å². The maximum Gasteiger partial charge on any atom is 0.352 e. The number of aromatic carboxylic acids is 1. The van der Waals surface area contributed by atoms with E-state index in [-0.39, 0.29) is 10.6 Å². The van der Waals surface area contributed by atoms with Gasteiger partial charge in [-0.1, -0.05) is 39.0 Å². The molecule has 0 saturated heterocycles. The number of rotatable bonds is 10. The van der Waals surface area contributed by atoms with Gasteiger partial charge >= 0.3 is 5.97 Å². The highest BCUT2D eigenvalue weighted by molar-refractivity contribution is 7.89. The number of hydrogen-bond donors (Lipinski definition) is 3. The van der Waals surface area contributed by atoms with Crippen LogP contribution in [-0.2, 0) is 10.0 Å². The van der Waals surface area contributed by atoms with Gasteiger partial charge < -0.3 is 10.1 Å². The average molecular weight is 302 g/mol. The van der Waals surface area contributed by atoms with Crippen molar-refractivity contribution < 1.29 is 18.3 Å². The highest BCUT2D eigenvalue weighted by Crippen LogP contribution is 2.11. The molecule has 0 saturated carbocycles. The summed E-state index contributed by atoms with van der Waals surface area (Å²) in [5.41, 5.74) is -0.134. The summed E-state index contributed by atoms with van der Waals surface area (Å²) < 4.78 is 26.2. The summed E-state index contributed by atoms with van der Waals surface area (Å²) >= 11 is 0. The predicted molar refractivity (Wildman–Crippen MR) is 76.3 cm³/mol. The van der Waals surface area contributed by atoms with Gasteiger partial charge in [0.15, 0.2) is 0 Å². The summed E-state index contributed by atoms with van der Waals surface area (Å²) in [7, 11) is -3.61. The van der Waals surface area contributed by atoms with Crippen LogP contribution in [0.2, 0.25) is 0 Å². The van der Waals surface area contributed by atoms with Gasteiger partial charge in [-0.25, -0.2) is 17.9 Å². The quantitative estimate of drug-likeness (QED) is 0.578. The average Bonchev–Trinajstić information content (AvgIpc) is 2.88. The fraction of sp³-hybridized carbons (Fsp3) is 0.615. The molecule has 6 nitrogen and oxygen atoms in total. The maximum absolute atomic E-state index is 11.9. The fourth-order valence-electron chi connectivity index (χ4n) is 1.85. The van der Waals surface area contributed by atoms with E-state index in [0.29, 0.717) is 6.54 Å².